The van der Waals surface area contributed by atoms with Crippen molar-refractivity contribution in [1.29, 1.82) is 0 Å². The van der Waals surface area contributed by atoms with Crippen LogP contribution in [0.1, 0.15) is 42.2 Å². The number of aryl methyl sites for hydroxylation is 1. The zero-order valence-corrected chi connectivity index (χ0v) is 25.0. The van der Waals surface area contributed by atoms with Crippen molar-refractivity contribution in [2.75, 3.05) is 17.5 Å². The number of carbonyl (C=O) groups excluding carboxylic acids is 2. The summed E-state index contributed by atoms with van der Waals surface area (Å²) >= 11 is 0. The molecule has 0 atom stereocenters. The number of nitrogens with zero attached hydrogens (tertiary/aromatic N) is 2. The lowest BCUT2D eigenvalue weighted by molar-refractivity contribution is -0.123. The van der Waals surface area contributed by atoms with Crippen LogP contribution in [0.4, 0.5) is 5.69 Å². The Labute approximate surface area is 251 Å². The van der Waals surface area contributed by atoms with Gasteiger partial charge < -0.3 is 14.5 Å². The Kier molecular flexibility index (Phi) is 10.3. The normalized spacial score (nSPS) is 11.4. The maximum Gasteiger partial charge on any atom is 0.264 e. The van der Waals surface area contributed by atoms with Crippen LogP contribution in [0.25, 0.3) is 0 Å². The number of hydrogen-bond donors (Lipinski definition) is 2. The lowest BCUT2D eigenvalue weighted by Gasteiger charge is -2.24. The molecule has 10 nitrogen and oxygen atoms in total. The molecule has 0 unspecified atom stereocenters. The van der Waals surface area contributed by atoms with E-state index in [4.69, 9.17) is 9.15 Å². The molecule has 1 aromatic heterocycles. The molecule has 1 heterocycles. The molecule has 0 bridgehead atoms. The van der Waals surface area contributed by atoms with Crippen molar-refractivity contribution in [3.05, 3.63) is 114 Å². The highest BCUT2D eigenvalue weighted by molar-refractivity contribution is 7.92. The largest absolute Gasteiger partial charge is 0.484 e. The van der Waals surface area contributed by atoms with Gasteiger partial charge in [-0.25, -0.2) is 13.8 Å². The van der Waals surface area contributed by atoms with Gasteiger partial charge in [-0.2, -0.15) is 5.10 Å². The molecule has 0 aliphatic carbocycles. The third-order valence-corrected chi connectivity index (χ3v) is 8.22. The summed E-state index contributed by atoms with van der Waals surface area (Å²) in [5, 5.41) is 6.68. The summed E-state index contributed by atoms with van der Waals surface area (Å²) in [6, 6.07) is 23.8. The topological polar surface area (TPSA) is 130 Å². The fraction of sp³-hybridized carbons (Fsp3) is 0.219. The Morgan fingerprint density at radius 2 is 1.65 bits per heavy atom. The molecular weight excluding hydrogens is 568 g/mol. The maximum atomic E-state index is 13.6. The van der Waals surface area contributed by atoms with Gasteiger partial charge in [0.1, 0.15) is 18.1 Å². The van der Waals surface area contributed by atoms with E-state index in [1.165, 1.54) is 24.6 Å². The average molecular weight is 603 g/mol. The molecule has 4 aromatic rings. The zero-order chi connectivity index (χ0) is 30.8. The van der Waals surface area contributed by atoms with E-state index < -0.39 is 22.5 Å². The van der Waals surface area contributed by atoms with E-state index in [1.807, 2.05) is 32.9 Å². The van der Waals surface area contributed by atoms with Gasteiger partial charge in [0.25, 0.3) is 21.8 Å². The van der Waals surface area contributed by atoms with Crippen molar-refractivity contribution in [2.45, 2.75) is 38.1 Å². The van der Waals surface area contributed by atoms with Gasteiger partial charge in [0.2, 0.25) is 0 Å². The molecular formula is C32H34N4O6S. The lowest BCUT2D eigenvalue weighted by Crippen LogP contribution is -2.39. The molecule has 0 aliphatic heterocycles. The Hall–Kier alpha value is -4.90. The van der Waals surface area contributed by atoms with E-state index >= 15 is 0 Å². The number of hydrazone groups is 1. The second-order valence-corrected chi connectivity index (χ2v) is 11.9. The number of benzene rings is 3. The monoisotopic (exact) mass is 602 g/mol. The third kappa shape index (κ3) is 8.79. The number of hydrogen-bond acceptors (Lipinski definition) is 7. The Bertz CT molecular complexity index is 1630. The zero-order valence-electron chi connectivity index (χ0n) is 24.2. The van der Waals surface area contributed by atoms with Crippen LogP contribution >= 0.6 is 0 Å². The summed E-state index contributed by atoms with van der Waals surface area (Å²) in [7, 11) is -4.03. The van der Waals surface area contributed by atoms with Crippen LogP contribution in [0, 0.1) is 6.92 Å². The third-order valence-electron chi connectivity index (χ3n) is 6.44. The lowest BCUT2D eigenvalue weighted by atomic mass is 10.0. The average Bonchev–Trinajstić information content (AvgIpc) is 3.52. The highest BCUT2D eigenvalue weighted by Crippen LogP contribution is 2.26. The van der Waals surface area contributed by atoms with Crippen LogP contribution in [0.15, 0.2) is 106 Å². The first-order valence-electron chi connectivity index (χ1n) is 13.6. The van der Waals surface area contributed by atoms with Gasteiger partial charge in [0.15, 0.2) is 6.61 Å². The van der Waals surface area contributed by atoms with Gasteiger partial charge in [-0.05, 0) is 84.6 Å². The Morgan fingerprint density at radius 1 is 0.953 bits per heavy atom. The molecule has 4 rings (SSSR count). The molecule has 0 saturated heterocycles. The molecule has 2 amide bonds. The van der Waals surface area contributed by atoms with Gasteiger partial charge in [-0.1, -0.05) is 43.7 Å². The van der Waals surface area contributed by atoms with Crippen molar-refractivity contribution >= 4 is 33.7 Å². The van der Waals surface area contributed by atoms with Crippen molar-refractivity contribution in [3.63, 3.8) is 0 Å². The molecule has 2 N–H and O–H groups in total. The molecule has 3 aromatic carbocycles. The van der Waals surface area contributed by atoms with E-state index in [0.29, 0.717) is 22.8 Å². The molecule has 0 fully saturated rings. The number of rotatable bonds is 13. The van der Waals surface area contributed by atoms with Crippen LogP contribution in [-0.2, 0) is 26.2 Å². The van der Waals surface area contributed by atoms with E-state index in [1.54, 1.807) is 60.7 Å². The number of carbonyl (C=O) groups is 2. The van der Waals surface area contributed by atoms with Gasteiger partial charge >= 0.3 is 0 Å². The predicted molar refractivity (Wildman–Crippen MR) is 164 cm³/mol. The molecule has 11 heteroatoms. The summed E-state index contributed by atoms with van der Waals surface area (Å²) in [6.07, 6.45) is 2.96. The number of anilines is 1. The second-order valence-electron chi connectivity index (χ2n) is 10.1. The van der Waals surface area contributed by atoms with Gasteiger partial charge in [0, 0.05) is 0 Å². The van der Waals surface area contributed by atoms with Crippen LogP contribution in [0.5, 0.6) is 5.75 Å². The summed E-state index contributed by atoms with van der Waals surface area (Å²) in [6.45, 7) is 5.61. The van der Waals surface area contributed by atoms with Crippen LogP contribution in [-0.4, -0.2) is 39.6 Å². The highest BCUT2D eigenvalue weighted by Gasteiger charge is 2.27. The summed E-state index contributed by atoms with van der Waals surface area (Å²) in [4.78, 5) is 24.9. The molecule has 0 saturated carbocycles. The van der Waals surface area contributed by atoms with Gasteiger partial charge in [0.05, 0.1) is 29.6 Å². The van der Waals surface area contributed by atoms with E-state index in [0.717, 1.165) is 15.4 Å². The Balaban J connectivity index is 1.36. The number of amides is 2. The first-order chi connectivity index (χ1) is 20.6. The first-order valence-corrected chi connectivity index (χ1v) is 15.1. The predicted octanol–water partition coefficient (Wildman–Crippen LogP) is 4.75. The quantitative estimate of drug-likeness (QED) is 0.168. The first kappa shape index (κ1) is 31.0. The van der Waals surface area contributed by atoms with Crippen molar-refractivity contribution in [2.24, 2.45) is 5.10 Å². The highest BCUT2D eigenvalue weighted by atomic mass is 32.2. The van der Waals surface area contributed by atoms with Crippen molar-refractivity contribution in [1.82, 2.24) is 10.7 Å². The van der Waals surface area contributed by atoms with Crippen molar-refractivity contribution < 1.29 is 27.2 Å². The smallest absolute Gasteiger partial charge is 0.264 e. The summed E-state index contributed by atoms with van der Waals surface area (Å²) in [5.74, 6) is 0.492. The number of sulfonamides is 1. The fourth-order valence-electron chi connectivity index (χ4n) is 3.97. The van der Waals surface area contributed by atoms with E-state index in [-0.39, 0.29) is 29.9 Å². The summed E-state index contributed by atoms with van der Waals surface area (Å²) in [5.41, 5.74) is 5.40. The molecule has 0 spiro atoms. The fourth-order valence-corrected chi connectivity index (χ4v) is 5.39. The van der Waals surface area contributed by atoms with Crippen LogP contribution < -0.4 is 19.8 Å². The number of furan rings is 1. The van der Waals surface area contributed by atoms with Gasteiger partial charge in [-0.15, -0.1) is 0 Å². The van der Waals surface area contributed by atoms with E-state index in [9.17, 15) is 18.0 Å². The maximum absolute atomic E-state index is 13.6. The van der Waals surface area contributed by atoms with E-state index in [2.05, 4.69) is 15.8 Å². The molecule has 43 heavy (non-hydrogen) atoms. The minimum Gasteiger partial charge on any atom is -0.484 e. The second kappa shape index (κ2) is 14.3. The minimum absolute atomic E-state index is 0.0830. The standard InChI is InChI=1S/C32H34N4O6S/c1-23(2)26-10-12-27(13-11-26)36(43(39,40)30-16-6-24(3)7-17-30)21-31(37)35-34-19-25-8-14-28(15-9-25)42-22-32(38)33-20-29-5-4-18-41-29/h4-19,23H,20-22H2,1-3H3,(H,33,38)(H,35,37)/b34-19-. The number of nitrogens with one attached hydrogen (secondary N) is 2. The summed E-state index contributed by atoms with van der Waals surface area (Å²) < 4.78 is 38.9. The minimum atomic E-state index is -4.03. The molecule has 0 radical (unpaired) electrons. The van der Waals surface area contributed by atoms with Gasteiger partial charge in [-0.3, -0.25) is 13.9 Å². The van der Waals surface area contributed by atoms with Crippen molar-refractivity contribution in [3.8, 4) is 5.75 Å². The number of ether oxygens (including phenoxy) is 1. The molecule has 0 aliphatic rings. The van der Waals surface area contributed by atoms with Crippen LogP contribution in [0.3, 0.4) is 0 Å². The molecule has 224 valence electrons. The van der Waals surface area contributed by atoms with Crippen LogP contribution in [0.2, 0.25) is 0 Å². The Morgan fingerprint density at radius 3 is 2.28 bits per heavy atom. The SMILES string of the molecule is Cc1ccc(S(=O)(=O)N(CC(=O)N/N=C\c2ccc(OCC(=O)NCc3ccco3)cc2)c2ccc(C(C)C)cc2)cc1.